The van der Waals surface area contributed by atoms with Gasteiger partial charge >= 0.3 is 0 Å². The quantitative estimate of drug-likeness (QED) is 0.424. The van der Waals surface area contributed by atoms with E-state index in [-0.39, 0.29) is 0 Å². The van der Waals surface area contributed by atoms with E-state index in [1.807, 2.05) is 24.4 Å². The van der Waals surface area contributed by atoms with Gasteiger partial charge < -0.3 is 0 Å². The fourth-order valence-corrected chi connectivity index (χ4v) is 1.38. The van der Waals surface area contributed by atoms with Crippen LogP contribution in [0.2, 0.25) is 0 Å². The summed E-state index contributed by atoms with van der Waals surface area (Å²) in [7, 11) is 1.91. The number of rotatable bonds is 0. The minimum absolute atomic E-state index is 0.869. The molecule has 9 heavy (non-hydrogen) atoms. The molecule has 50 valence electrons. The Bertz CT molecular complexity index is 164. The van der Waals surface area contributed by atoms with Gasteiger partial charge in [-0.2, -0.15) is 4.83 Å². The fourth-order valence-electron chi connectivity index (χ4n) is 0.550. The second-order valence-electron chi connectivity index (χ2n) is 1.87. The number of hydrogen-bond donors (Lipinski definition) is 1. The summed E-state index contributed by atoms with van der Waals surface area (Å²) in [6, 6.07) is 0. The van der Waals surface area contributed by atoms with E-state index in [2.05, 4.69) is 4.83 Å². The average molecular weight is 160 g/mol. The summed E-state index contributed by atoms with van der Waals surface area (Å²) in [6.45, 7) is 2.01. The van der Waals surface area contributed by atoms with Gasteiger partial charge in [-0.3, -0.25) is 5.01 Å². The van der Waals surface area contributed by atoms with Crippen LogP contribution in [0.15, 0.2) is 11.0 Å². The molecule has 2 nitrogen and oxygen atoms in total. The number of nitrogens with zero attached hydrogens (tertiary/aromatic N) is 1. The minimum atomic E-state index is 0.869. The highest BCUT2D eigenvalue weighted by Gasteiger charge is 2.09. The second kappa shape index (κ2) is 2.68. The molecule has 0 unspecified atom stereocenters. The number of hydrazine groups is 1. The molecule has 0 amide bonds. The van der Waals surface area contributed by atoms with Crippen molar-refractivity contribution in [2.45, 2.75) is 6.92 Å². The molecule has 0 spiro atoms. The summed E-state index contributed by atoms with van der Waals surface area (Å²) < 4.78 is 0. The van der Waals surface area contributed by atoms with Crippen LogP contribution in [0.4, 0.5) is 0 Å². The Labute approximate surface area is 64.4 Å². The lowest BCUT2D eigenvalue weighted by Gasteiger charge is -2.23. The normalized spacial score (nSPS) is 20.0. The predicted molar refractivity (Wildman–Crippen MR) is 44.8 cm³/mol. The van der Waals surface area contributed by atoms with Gasteiger partial charge in [0.05, 0.1) is 0 Å². The van der Waals surface area contributed by atoms with Gasteiger partial charge in [0.2, 0.25) is 0 Å². The van der Waals surface area contributed by atoms with E-state index in [0.717, 1.165) is 10.6 Å². The fraction of sp³-hybridized carbons (Fsp3) is 0.400. The first-order valence-electron chi connectivity index (χ1n) is 2.58. The van der Waals surface area contributed by atoms with Crippen LogP contribution in [0, 0.1) is 0 Å². The summed E-state index contributed by atoms with van der Waals surface area (Å²) in [4.78, 5) is 3.86. The van der Waals surface area contributed by atoms with Crippen molar-refractivity contribution in [2.75, 3.05) is 7.05 Å². The molecule has 0 aromatic heterocycles. The van der Waals surface area contributed by atoms with Crippen LogP contribution in [0.1, 0.15) is 6.92 Å². The van der Waals surface area contributed by atoms with Gasteiger partial charge in [0.15, 0.2) is 0 Å². The third kappa shape index (κ3) is 1.44. The lowest BCUT2D eigenvalue weighted by atomic mass is 10.3. The molecule has 1 heterocycles. The zero-order valence-electron chi connectivity index (χ0n) is 5.34. The molecule has 0 atom stereocenters. The van der Waals surface area contributed by atoms with Crippen molar-refractivity contribution in [3.05, 3.63) is 11.0 Å². The van der Waals surface area contributed by atoms with Crippen molar-refractivity contribution in [1.82, 2.24) is 9.84 Å². The van der Waals surface area contributed by atoms with Crippen LogP contribution < -0.4 is 4.83 Å². The van der Waals surface area contributed by atoms with E-state index in [9.17, 15) is 0 Å². The van der Waals surface area contributed by atoms with Crippen molar-refractivity contribution in [3.8, 4) is 0 Å². The molecule has 4 heteroatoms. The maximum atomic E-state index is 5.03. The summed E-state index contributed by atoms with van der Waals surface area (Å²) in [5.41, 5.74) is 1.15. The molecule has 0 saturated carbocycles. The van der Waals surface area contributed by atoms with Crippen molar-refractivity contribution >= 4 is 29.2 Å². The van der Waals surface area contributed by atoms with E-state index in [0.29, 0.717) is 0 Å². The van der Waals surface area contributed by atoms with Crippen LogP contribution in [0.3, 0.4) is 0 Å². The summed E-state index contributed by atoms with van der Waals surface area (Å²) in [5, 5.41) is 3.83. The first kappa shape index (κ1) is 7.05. The highest BCUT2D eigenvalue weighted by Crippen LogP contribution is 2.12. The van der Waals surface area contributed by atoms with Gasteiger partial charge in [-0.1, -0.05) is 12.2 Å². The monoisotopic (exact) mass is 160 g/mol. The smallest absolute Gasteiger partial charge is 0.120 e. The minimum Gasteiger partial charge on any atom is -0.291 e. The van der Waals surface area contributed by atoms with Crippen LogP contribution in [-0.4, -0.2) is 17.0 Å². The Morgan fingerprint density at radius 2 is 2.44 bits per heavy atom. The largest absolute Gasteiger partial charge is 0.291 e. The van der Waals surface area contributed by atoms with Gasteiger partial charge in [0.1, 0.15) is 4.99 Å². The molecule has 0 aliphatic carbocycles. The van der Waals surface area contributed by atoms with Crippen molar-refractivity contribution in [3.63, 3.8) is 0 Å². The molecular weight excluding hydrogens is 152 g/mol. The molecule has 0 radical (unpaired) electrons. The van der Waals surface area contributed by atoms with E-state index in [4.69, 9.17) is 12.2 Å². The molecular formula is C5H8N2S2. The third-order valence-corrected chi connectivity index (χ3v) is 2.51. The first-order valence-corrected chi connectivity index (χ1v) is 3.86. The van der Waals surface area contributed by atoms with Crippen LogP contribution >= 0.6 is 24.2 Å². The Hall–Kier alpha value is -0.0600. The maximum absolute atomic E-state index is 5.03. The molecule has 1 rings (SSSR count). The highest BCUT2D eigenvalue weighted by molar-refractivity contribution is 8.00. The number of likely N-dealkylation sites (N-methyl/N-ethyl adjacent to an activating group) is 1. The maximum Gasteiger partial charge on any atom is 0.120 e. The van der Waals surface area contributed by atoms with E-state index in [1.54, 1.807) is 11.9 Å². The highest BCUT2D eigenvalue weighted by atomic mass is 32.2. The van der Waals surface area contributed by atoms with Gasteiger partial charge in [-0.15, -0.1) is 0 Å². The summed E-state index contributed by atoms with van der Waals surface area (Å²) >= 11 is 6.57. The van der Waals surface area contributed by atoms with Crippen LogP contribution in [-0.2, 0) is 0 Å². The molecule has 0 aromatic carbocycles. The van der Waals surface area contributed by atoms with Crippen LogP contribution in [0.25, 0.3) is 0 Å². The van der Waals surface area contributed by atoms with Crippen LogP contribution in [0.5, 0.6) is 0 Å². The van der Waals surface area contributed by atoms with E-state index < -0.39 is 0 Å². The lowest BCUT2D eigenvalue weighted by molar-refractivity contribution is 0.492. The van der Waals surface area contributed by atoms with Gasteiger partial charge in [0.25, 0.3) is 0 Å². The van der Waals surface area contributed by atoms with Gasteiger partial charge in [-0.25, -0.2) is 0 Å². The number of nitrogens with one attached hydrogen (secondary N) is 1. The molecule has 1 N–H and O–H groups in total. The van der Waals surface area contributed by atoms with Gasteiger partial charge in [-0.05, 0) is 29.9 Å². The number of hydrogen-bond acceptors (Lipinski definition) is 3. The SMILES string of the molecule is CC1=CSNN(C)C1=S. The first-order chi connectivity index (χ1) is 4.22. The lowest BCUT2D eigenvalue weighted by Crippen LogP contribution is -2.36. The molecule has 0 fully saturated rings. The summed E-state index contributed by atoms with van der Waals surface area (Å²) in [6.07, 6.45) is 0. The van der Waals surface area contributed by atoms with Crippen molar-refractivity contribution in [2.24, 2.45) is 0 Å². The third-order valence-electron chi connectivity index (χ3n) is 1.07. The topological polar surface area (TPSA) is 15.3 Å². The van der Waals surface area contributed by atoms with Crippen molar-refractivity contribution in [1.29, 1.82) is 0 Å². The Balaban J connectivity index is 2.74. The second-order valence-corrected chi connectivity index (χ2v) is 2.91. The average Bonchev–Trinajstić information content (AvgIpc) is 1.83. The molecule has 1 aliphatic rings. The standard InChI is InChI=1S/C5H8N2S2/c1-4-3-9-6-7(2)5(4)8/h3,6H,1-2H3. The van der Waals surface area contributed by atoms with E-state index >= 15 is 0 Å². The molecule has 1 aliphatic heterocycles. The van der Waals surface area contributed by atoms with Crippen molar-refractivity contribution < 1.29 is 0 Å². The van der Waals surface area contributed by atoms with E-state index in [1.165, 1.54) is 0 Å². The Morgan fingerprint density at radius 1 is 1.78 bits per heavy atom. The number of thiocarbonyl (C=S) groups is 1. The van der Waals surface area contributed by atoms with Gasteiger partial charge in [0, 0.05) is 7.05 Å². The zero-order valence-corrected chi connectivity index (χ0v) is 6.97. The molecule has 0 bridgehead atoms. The predicted octanol–water partition coefficient (Wildman–Crippen LogP) is 1.32. The summed E-state index contributed by atoms with van der Waals surface area (Å²) in [5.74, 6) is 0. The Morgan fingerprint density at radius 3 is 2.89 bits per heavy atom. The molecule has 0 aromatic rings. The molecule has 0 saturated heterocycles. The zero-order chi connectivity index (χ0) is 6.85. The Kier molecular flexibility index (Phi) is 2.10.